The summed E-state index contributed by atoms with van der Waals surface area (Å²) in [5.41, 5.74) is 1.29. The third-order valence-electron chi connectivity index (χ3n) is 6.61. The highest BCUT2D eigenvalue weighted by Crippen LogP contribution is 2.42. The molecule has 0 aromatic heterocycles. The first-order valence-electron chi connectivity index (χ1n) is 10.7. The zero-order valence-corrected chi connectivity index (χ0v) is 20.5. The highest BCUT2D eigenvalue weighted by molar-refractivity contribution is 6.74. The Morgan fingerprint density at radius 1 is 1.03 bits per heavy atom. The van der Waals surface area contributed by atoms with Gasteiger partial charge in [0.25, 0.3) is 0 Å². The van der Waals surface area contributed by atoms with Gasteiger partial charge < -0.3 is 14.1 Å². The number of hydrogen-bond donors (Lipinski definition) is 0. The molecule has 1 saturated heterocycles. The van der Waals surface area contributed by atoms with Crippen LogP contribution < -0.4 is 9.64 Å². The van der Waals surface area contributed by atoms with E-state index in [0.29, 0.717) is 17.0 Å². The van der Waals surface area contributed by atoms with Crippen molar-refractivity contribution < 1.29 is 18.8 Å². The molecule has 0 N–H and O–H groups in total. The molecule has 0 bridgehead atoms. The molecule has 1 fully saturated rings. The Hall–Kier alpha value is -2.44. The number of hydrogen-bond acceptors (Lipinski definition) is 4. The molecule has 166 valence electrons. The number of carbonyl (C=O) groups is 2. The molecule has 3 rings (SSSR count). The fourth-order valence-electron chi connectivity index (χ4n) is 3.77. The second-order valence-corrected chi connectivity index (χ2v) is 14.4. The lowest BCUT2D eigenvalue weighted by Crippen LogP contribution is -2.69. The molecule has 2 aromatic carbocycles. The third-order valence-corrected chi connectivity index (χ3v) is 11.2. The third kappa shape index (κ3) is 4.46. The average molecular weight is 440 g/mol. The van der Waals surface area contributed by atoms with Gasteiger partial charge in [0, 0.05) is 11.3 Å². The summed E-state index contributed by atoms with van der Waals surface area (Å²) in [5.74, 6) is 0.0510. The zero-order chi connectivity index (χ0) is 23.0. The number of methoxy groups -OCH3 is 1. The molecule has 1 heterocycles. The highest BCUT2D eigenvalue weighted by atomic mass is 28.4. The Labute approximate surface area is 186 Å². The number of rotatable bonds is 7. The Morgan fingerprint density at radius 3 is 2.13 bits per heavy atom. The first-order valence-corrected chi connectivity index (χ1v) is 13.6. The number of amides is 1. The molecule has 0 saturated carbocycles. The van der Waals surface area contributed by atoms with E-state index in [9.17, 15) is 9.59 Å². The Morgan fingerprint density at radius 2 is 1.61 bits per heavy atom. The average Bonchev–Trinajstić information content (AvgIpc) is 2.71. The standard InChI is InChI=1S/C25H33NO4Si/c1-17(30-31(6,7)25(2,3)4)21-22(23(27)18-11-9-8-10-12-18)26(24(21)28)19-13-15-20(29-5)16-14-19/h8-17,21-22H,1-7H3/t17?,21-,22+/m0/s1. The van der Waals surface area contributed by atoms with Gasteiger partial charge >= 0.3 is 0 Å². The minimum Gasteiger partial charge on any atom is -0.497 e. The minimum atomic E-state index is -2.10. The normalized spacial score (nSPS) is 20.2. The molecule has 0 spiro atoms. The van der Waals surface area contributed by atoms with Crippen LogP contribution >= 0.6 is 0 Å². The summed E-state index contributed by atoms with van der Waals surface area (Å²) in [4.78, 5) is 28.4. The molecule has 0 aliphatic carbocycles. The van der Waals surface area contributed by atoms with Gasteiger partial charge in [-0.25, -0.2) is 0 Å². The van der Waals surface area contributed by atoms with E-state index < -0.39 is 20.3 Å². The molecule has 1 aliphatic rings. The van der Waals surface area contributed by atoms with Crippen molar-refractivity contribution in [1.82, 2.24) is 0 Å². The van der Waals surface area contributed by atoms with Gasteiger partial charge in [-0.1, -0.05) is 51.1 Å². The predicted octanol–water partition coefficient (Wildman–Crippen LogP) is 5.32. The van der Waals surface area contributed by atoms with E-state index in [0.717, 1.165) is 0 Å². The van der Waals surface area contributed by atoms with Crippen molar-refractivity contribution in [3.05, 3.63) is 60.2 Å². The molecule has 3 atom stereocenters. The number of Topliss-reactive ketones (excluding diaryl/α,β-unsaturated/α-hetero) is 1. The van der Waals surface area contributed by atoms with Crippen LogP contribution in [0, 0.1) is 5.92 Å². The van der Waals surface area contributed by atoms with E-state index in [1.54, 1.807) is 36.3 Å². The summed E-state index contributed by atoms with van der Waals surface area (Å²) < 4.78 is 11.8. The minimum absolute atomic E-state index is 0.0165. The summed E-state index contributed by atoms with van der Waals surface area (Å²) in [5, 5.41) is 0.0165. The summed E-state index contributed by atoms with van der Waals surface area (Å²) >= 11 is 0. The molecule has 5 nitrogen and oxygen atoms in total. The topological polar surface area (TPSA) is 55.8 Å². The summed E-state index contributed by atoms with van der Waals surface area (Å²) in [6, 6.07) is 15.8. The molecule has 1 aliphatic heterocycles. The number of β-lactam (4-membered cyclic amide) rings is 1. The fraction of sp³-hybridized carbons (Fsp3) is 0.440. The maximum atomic E-state index is 13.5. The van der Waals surface area contributed by atoms with Crippen LogP contribution in [0.25, 0.3) is 0 Å². The Bertz CT molecular complexity index is 934. The largest absolute Gasteiger partial charge is 0.497 e. The van der Waals surface area contributed by atoms with Gasteiger partial charge in [-0.3, -0.25) is 9.59 Å². The van der Waals surface area contributed by atoms with E-state index in [-0.39, 0.29) is 22.8 Å². The Kier molecular flexibility index (Phi) is 6.44. The maximum Gasteiger partial charge on any atom is 0.235 e. The molecule has 2 aromatic rings. The van der Waals surface area contributed by atoms with Crippen LogP contribution in [0.15, 0.2) is 54.6 Å². The van der Waals surface area contributed by atoms with Crippen molar-refractivity contribution in [2.24, 2.45) is 5.92 Å². The van der Waals surface area contributed by atoms with E-state index in [4.69, 9.17) is 9.16 Å². The lowest BCUT2D eigenvalue weighted by molar-refractivity contribution is -0.133. The van der Waals surface area contributed by atoms with Gasteiger partial charge in [0.15, 0.2) is 14.1 Å². The lowest BCUT2D eigenvalue weighted by Gasteiger charge is -2.50. The lowest BCUT2D eigenvalue weighted by atomic mass is 9.78. The molecule has 0 radical (unpaired) electrons. The summed E-state index contributed by atoms with van der Waals surface area (Å²) in [6.07, 6.45) is -0.347. The molecule has 1 unspecified atom stereocenters. The first kappa shape index (κ1) is 23.2. The van der Waals surface area contributed by atoms with Crippen LogP contribution in [0.5, 0.6) is 5.75 Å². The van der Waals surface area contributed by atoms with Crippen LogP contribution in [0.4, 0.5) is 5.69 Å². The van der Waals surface area contributed by atoms with E-state index in [1.807, 2.05) is 37.3 Å². The van der Waals surface area contributed by atoms with Crippen molar-refractivity contribution in [2.75, 3.05) is 12.0 Å². The molecular weight excluding hydrogens is 406 g/mol. The Balaban J connectivity index is 1.94. The second kappa shape index (κ2) is 8.59. The second-order valence-electron chi connectivity index (χ2n) is 9.69. The maximum absolute atomic E-state index is 13.5. The van der Waals surface area contributed by atoms with Gasteiger partial charge in [0.2, 0.25) is 5.91 Å². The van der Waals surface area contributed by atoms with E-state index in [1.165, 1.54) is 0 Å². The predicted molar refractivity (Wildman–Crippen MR) is 126 cm³/mol. The van der Waals surface area contributed by atoms with Gasteiger partial charge in [0.1, 0.15) is 11.8 Å². The molecule has 6 heteroatoms. The van der Waals surface area contributed by atoms with Gasteiger partial charge in [0.05, 0.1) is 19.1 Å². The molecule has 31 heavy (non-hydrogen) atoms. The fourth-order valence-corrected chi connectivity index (χ4v) is 5.20. The summed E-state index contributed by atoms with van der Waals surface area (Å²) in [7, 11) is -0.500. The number of anilines is 1. The number of benzene rings is 2. The highest BCUT2D eigenvalue weighted by Gasteiger charge is 2.56. The summed E-state index contributed by atoms with van der Waals surface area (Å²) in [6.45, 7) is 12.8. The van der Waals surface area contributed by atoms with Crippen molar-refractivity contribution >= 4 is 25.7 Å². The number of ether oxygens (including phenoxy) is 1. The first-order chi connectivity index (χ1) is 14.5. The van der Waals surface area contributed by atoms with Gasteiger partial charge in [-0.15, -0.1) is 0 Å². The monoisotopic (exact) mass is 439 g/mol. The van der Waals surface area contributed by atoms with Crippen LogP contribution in [-0.4, -0.2) is 39.3 Å². The SMILES string of the molecule is COc1ccc(N2C(=O)[C@@H](C(C)O[Si](C)(C)C(C)(C)C)[C@@H]2C(=O)c2ccccc2)cc1. The van der Waals surface area contributed by atoms with Crippen molar-refractivity contribution in [1.29, 1.82) is 0 Å². The zero-order valence-electron chi connectivity index (χ0n) is 19.5. The molecule has 1 amide bonds. The van der Waals surface area contributed by atoms with Crippen LogP contribution in [-0.2, 0) is 9.22 Å². The molecular formula is C25H33NO4Si. The van der Waals surface area contributed by atoms with Gasteiger partial charge in [-0.05, 0) is 49.3 Å². The van der Waals surface area contributed by atoms with Crippen LogP contribution in [0.3, 0.4) is 0 Å². The number of ketones is 1. The van der Waals surface area contributed by atoms with E-state index in [2.05, 4.69) is 33.9 Å². The smallest absolute Gasteiger partial charge is 0.235 e. The quantitative estimate of drug-likeness (QED) is 0.333. The van der Waals surface area contributed by atoms with Crippen LogP contribution in [0.2, 0.25) is 18.1 Å². The van der Waals surface area contributed by atoms with Crippen molar-refractivity contribution in [3.8, 4) is 5.75 Å². The van der Waals surface area contributed by atoms with Crippen molar-refractivity contribution in [2.45, 2.75) is 58.0 Å². The number of carbonyl (C=O) groups excluding carboxylic acids is 2. The number of nitrogens with zero attached hydrogens (tertiary/aromatic N) is 1. The van der Waals surface area contributed by atoms with E-state index >= 15 is 0 Å². The van der Waals surface area contributed by atoms with Gasteiger partial charge in [-0.2, -0.15) is 0 Å². The van der Waals surface area contributed by atoms with Crippen LogP contribution in [0.1, 0.15) is 38.1 Å². The van der Waals surface area contributed by atoms with Crippen molar-refractivity contribution in [3.63, 3.8) is 0 Å².